The molecule has 0 unspecified atom stereocenters. The third-order valence-corrected chi connectivity index (χ3v) is 4.62. The van der Waals surface area contributed by atoms with E-state index in [2.05, 4.69) is 0 Å². The fraction of sp³-hybridized carbons (Fsp3) is 0.316. The van der Waals surface area contributed by atoms with E-state index in [1.807, 2.05) is 0 Å². The van der Waals surface area contributed by atoms with E-state index < -0.39 is 29.5 Å². The molecule has 0 aromatic heterocycles. The molecule has 132 valence electrons. The van der Waals surface area contributed by atoms with Gasteiger partial charge >= 0.3 is 0 Å². The van der Waals surface area contributed by atoms with Gasteiger partial charge in [-0.2, -0.15) is 0 Å². The first-order chi connectivity index (χ1) is 11.8. The molecule has 6 heteroatoms. The second-order valence-corrected chi connectivity index (χ2v) is 6.32. The van der Waals surface area contributed by atoms with Gasteiger partial charge in [-0.1, -0.05) is 6.07 Å². The van der Waals surface area contributed by atoms with Crippen LogP contribution < -0.4 is 4.74 Å². The van der Waals surface area contributed by atoms with Crippen molar-refractivity contribution in [3.8, 4) is 11.5 Å². The molecule has 2 aromatic carbocycles. The number of hydrogen-bond acceptors (Lipinski definition) is 3. The van der Waals surface area contributed by atoms with Gasteiger partial charge in [0, 0.05) is 12.5 Å². The van der Waals surface area contributed by atoms with Crippen molar-refractivity contribution in [1.82, 2.24) is 0 Å². The van der Waals surface area contributed by atoms with Gasteiger partial charge in [0.05, 0.1) is 5.41 Å². The number of carbonyl (C=O) groups is 1. The van der Waals surface area contributed by atoms with Gasteiger partial charge in [-0.15, -0.1) is 0 Å². The molecule has 1 saturated carbocycles. The summed E-state index contributed by atoms with van der Waals surface area (Å²) in [5, 5.41) is 8.80. The molecule has 2 aromatic rings. The highest BCUT2D eigenvalue weighted by Gasteiger charge is 2.60. The average molecular weight is 350 g/mol. The molecule has 1 aliphatic carbocycles. The van der Waals surface area contributed by atoms with Gasteiger partial charge in [0.25, 0.3) is 5.92 Å². The van der Waals surface area contributed by atoms with E-state index in [-0.39, 0.29) is 11.3 Å². The van der Waals surface area contributed by atoms with Crippen LogP contribution in [0.4, 0.5) is 13.2 Å². The molecular weight excluding hydrogens is 333 g/mol. The number of aliphatic hydroxyl groups is 1. The minimum Gasteiger partial charge on any atom is -0.454 e. The minimum absolute atomic E-state index is 0.0831. The number of hydrogen-bond donors (Lipinski definition) is 1. The molecule has 3 nitrogen and oxygen atoms in total. The molecule has 0 aliphatic heterocycles. The van der Waals surface area contributed by atoms with Crippen LogP contribution in [-0.4, -0.2) is 23.4 Å². The number of ketones is 1. The van der Waals surface area contributed by atoms with Gasteiger partial charge in [-0.05, 0) is 54.8 Å². The lowest BCUT2D eigenvalue weighted by Gasteiger charge is -2.23. The first-order valence-corrected chi connectivity index (χ1v) is 7.87. The Morgan fingerprint density at radius 1 is 1.20 bits per heavy atom. The molecule has 0 spiro atoms. The molecule has 0 atom stereocenters. The van der Waals surface area contributed by atoms with E-state index in [1.54, 1.807) is 0 Å². The Bertz CT molecular complexity index is 791. The Balaban J connectivity index is 1.79. The van der Waals surface area contributed by atoms with E-state index in [4.69, 9.17) is 9.84 Å². The van der Waals surface area contributed by atoms with E-state index in [9.17, 15) is 18.0 Å². The summed E-state index contributed by atoms with van der Waals surface area (Å²) in [5.74, 6) is -3.85. The highest BCUT2D eigenvalue weighted by Crippen LogP contribution is 2.58. The van der Waals surface area contributed by atoms with Crippen LogP contribution in [0.1, 0.15) is 35.7 Å². The highest BCUT2D eigenvalue weighted by molar-refractivity contribution is 5.96. The number of carbonyl (C=O) groups excluding carboxylic acids is 1. The van der Waals surface area contributed by atoms with Crippen molar-refractivity contribution < 1.29 is 27.8 Å². The van der Waals surface area contributed by atoms with Crippen molar-refractivity contribution in [3.63, 3.8) is 0 Å². The number of alkyl halides is 2. The Labute approximate surface area is 143 Å². The Morgan fingerprint density at radius 2 is 1.84 bits per heavy atom. The standard InChI is InChI=1S/C19H17F3O3/c1-18(21,22)19(8-9-19)13-4-7-17(15(20)10-13)25-14-5-2-12(3-6-14)16(24)11-23/h2-7,10,23H,8-9,11H2,1H3. The van der Waals surface area contributed by atoms with E-state index in [1.165, 1.54) is 36.4 Å². The van der Waals surface area contributed by atoms with Gasteiger partial charge in [0.15, 0.2) is 17.3 Å². The number of rotatable bonds is 6. The van der Waals surface area contributed by atoms with Crippen molar-refractivity contribution in [3.05, 3.63) is 59.4 Å². The fourth-order valence-corrected chi connectivity index (χ4v) is 2.91. The Morgan fingerprint density at radius 3 is 2.32 bits per heavy atom. The van der Waals surface area contributed by atoms with Crippen molar-refractivity contribution >= 4 is 5.78 Å². The molecule has 0 saturated heterocycles. The van der Waals surface area contributed by atoms with Crippen LogP contribution in [0, 0.1) is 5.82 Å². The zero-order valence-electron chi connectivity index (χ0n) is 13.6. The number of benzene rings is 2. The lowest BCUT2D eigenvalue weighted by Crippen LogP contribution is -2.30. The first kappa shape index (κ1) is 17.5. The number of Topliss-reactive ketones (excluding diaryl/α,β-unsaturated/α-hetero) is 1. The predicted octanol–water partition coefficient (Wildman–Crippen LogP) is 4.48. The Kier molecular flexibility index (Phi) is 4.33. The lowest BCUT2D eigenvalue weighted by atomic mass is 9.90. The monoisotopic (exact) mass is 350 g/mol. The second-order valence-electron chi connectivity index (χ2n) is 6.32. The maximum Gasteiger partial charge on any atom is 0.254 e. The third-order valence-electron chi connectivity index (χ3n) is 4.62. The van der Waals surface area contributed by atoms with Crippen LogP contribution in [0.2, 0.25) is 0 Å². The normalized spacial score (nSPS) is 15.7. The lowest BCUT2D eigenvalue weighted by molar-refractivity contribution is -0.0200. The molecular formula is C19H17F3O3. The van der Waals surface area contributed by atoms with E-state index in [0.717, 1.165) is 13.0 Å². The summed E-state index contributed by atoms with van der Waals surface area (Å²) in [6.45, 7) is 0.262. The maximum absolute atomic E-state index is 14.3. The van der Waals surface area contributed by atoms with Crippen LogP contribution in [0.25, 0.3) is 0 Å². The van der Waals surface area contributed by atoms with Crippen molar-refractivity contribution in [2.24, 2.45) is 0 Å². The molecule has 1 aliphatic rings. The summed E-state index contributed by atoms with van der Waals surface area (Å²) in [6, 6.07) is 9.75. The van der Waals surface area contributed by atoms with Crippen LogP contribution in [-0.2, 0) is 5.41 Å². The van der Waals surface area contributed by atoms with Crippen molar-refractivity contribution in [1.29, 1.82) is 0 Å². The van der Waals surface area contributed by atoms with E-state index in [0.29, 0.717) is 24.2 Å². The first-order valence-electron chi connectivity index (χ1n) is 7.87. The van der Waals surface area contributed by atoms with Gasteiger partial charge in [0.1, 0.15) is 12.4 Å². The van der Waals surface area contributed by atoms with Gasteiger partial charge in [0.2, 0.25) is 0 Å². The third kappa shape index (κ3) is 3.26. The minimum atomic E-state index is -2.91. The van der Waals surface area contributed by atoms with Crippen molar-refractivity contribution in [2.75, 3.05) is 6.61 Å². The van der Waals surface area contributed by atoms with Crippen LogP contribution >= 0.6 is 0 Å². The van der Waals surface area contributed by atoms with Crippen LogP contribution in [0.3, 0.4) is 0 Å². The van der Waals surface area contributed by atoms with Gasteiger partial charge in [-0.25, -0.2) is 13.2 Å². The molecule has 0 amide bonds. The molecule has 25 heavy (non-hydrogen) atoms. The summed E-state index contributed by atoms with van der Waals surface area (Å²) in [5.41, 5.74) is -0.696. The highest BCUT2D eigenvalue weighted by atomic mass is 19.3. The van der Waals surface area contributed by atoms with Crippen LogP contribution in [0.15, 0.2) is 42.5 Å². The van der Waals surface area contributed by atoms with Crippen molar-refractivity contribution in [2.45, 2.75) is 31.1 Å². The molecule has 1 N–H and O–H groups in total. The van der Waals surface area contributed by atoms with Crippen LogP contribution in [0.5, 0.6) is 11.5 Å². The molecule has 0 radical (unpaired) electrons. The van der Waals surface area contributed by atoms with Gasteiger partial charge in [-0.3, -0.25) is 4.79 Å². The molecule has 0 bridgehead atoms. The summed E-state index contributed by atoms with van der Waals surface area (Å²) < 4.78 is 47.2. The fourth-order valence-electron chi connectivity index (χ4n) is 2.91. The number of ether oxygens (including phenoxy) is 1. The SMILES string of the molecule is CC(F)(F)C1(c2ccc(Oc3ccc(C(=O)CO)cc3)c(F)c2)CC1. The average Bonchev–Trinajstić information content (AvgIpc) is 3.38. The van der Waals surface area contributed by atoms with Gasteiger partial charge < -0.3 is 9.84 Å². The summed E-state index contributed by atoms with van der Waals surface area (Å²) >= 11 is 0. The second kappa shape index (κ2) is 6.19. The summed E-state index contributed by atoms with van der Waals surface area (Å²) in [6.07, 6.45) is 0.660. The molecule has 1 fully saturated rings. The zero-order chi connectivity index (χ0) is 18.2. The zero-order valence-corrected chi connectivity index (χ0v) is 13.6. The van der Waals surface area contributed by atoms with E-state index >= 15 is 0 Å². The quantitative estimate of drug-likeness (QED) is 0.782. The maximum atomic E-state index is 14.3. The predicted molar refractivity (Wildman–Crippen MR) is 85.9 cm³/mol. The smallest absolute Gasteiger partial charge is 0.254 e. The number of aliphatic hydroxyl groups excluding tert-OH is 1. The topological polar surface area (TPSA) is 46.5 Å². The summed E-state index contributed by atoms with van der Waals surface area (Å²) in [4.78, 5) is 11.3. The number of halogens is 3. The summed E-state index contributed by atoms with van der Waals surface area (Å²) in [7, 11) is 0. The molecule has 0 heterocycles. The largest absolute Gasteiger partial charge is 0.454 e. The Hall–Kier alpha value is -2.34. The molecule has 3 rings (SSSR count).